The van der Waals surface area contributed by atoms with Crippen molar-refractivity contribution in [3.63, 3.8) is 0 Å². The molecule has 0 radical (unpaired) electrons. The molecule has 0 bridgehead atoms. The van der Waals surface area contributed by atoms with Crippen LogP contribution < -0.4 is 5.32 Å². The van der Waals surface area contributed by atoms with Crippen LogP contribution in [0.2, 0.25) is 5.02 Å². The van der Waals surface area contributed by atoms with Gasteiger partial charge in [-0.2, -0.15) is 0 Å². The van der Waals surface area contributed by atoms with Crippen LogP contribution in [0.1, 0.15) is 31.2 Å². The van der Waals surface area contributed by atoms with Gasteiger partial charge in [-0.15, -0.1) is 0 Å². The molecule has 0 aromatic heterocycles. The van der Waals surface area contributed by atoms with Crippen molar-refractivity contribution in [3.8, 4) is 0 Å². The molecule has 2 fully saturated rings. The van der Waals surface area contributed by atoms with E-state index >= 15 is 0 Å². The molecule has 3 rings (SSSR count). The van der Waals surface area contributed by atoms with Crippen molar-refractivity contribution in [2.24, 2.45) is 5.92 Å². The van der Waals surface area contributed by atoms with Gasteiger partial charge in [-0.1, -0.05) is 23.7 Å². The van der Waals surface area contributed by atoms with Gasteiger partial charge in [-0.05, 0) is 62.4 Å². The molecule has 1 aliphatic heterocycles. The van der Waals surface area contributed by atoms with Gasteiger partial charge < -0.3 is 5.32 Å². The maximum absolute atomic E-state index is 5.96. The molecule has 19 heavy (non-hydrogen) atoms. The highest BCUT2D eigenvalue weighted by molar-refractivity contribution is 6.30. The molecule has 0 atom stereocenters. The zero-order valence-corrected chi connectivity index (χ0v) is 12.2. The topological polar surface area (TPSA) is 15.3 Å². The predicted molar refractivity (Wildman–Crippen MR) is 80.5 cm³/mol. The lowest BCUT2D eigenvalue weighted by Crippen LogP contribution is -2.37. The normalized spacial score (nSPS) is 20.9. The Kier molecular flexibility index (Phi) is 4.42. The lowest BCUT2D eigenvalue weighted by atomic mass is 9.97. The molecule has 1 N–H and O–H groups in total. The standard InChI is InChI=1S/C16H23ClN2/c17-15-3-1-13(2-4-15)11-19(16-5-6-16)12-14-7-9-18-10-8-14/h1-4,14,16,18H,5-12H2. The third-order valence-electron chi connectivity index (χ3n) is 4.31. The van der Waals surface area contributed by atoms with Crippen LogP contribution in [0.15, 0.2) is 24.3 Å². The third-order valence-corrected chi connectivity index (χ3v) is 4.57. The van der Waals surface area contributed by atoms with Crippen molar-refractivity contribution in [2.75, 3.05) is 19.6 Å². The molecule has 1 heterocycles. The van der Waals surface area contributed by atoms with Crippen molar-refractivity contribution >= 4 is 11.6 Å². The van der Waals surface area contributed by atoms with Crippen molar-refractivity contribution in [3.05, 3.63) is 34.9 Å². The second-order valence-electron chi connectivity index (χ2n) is 5.98. The number of hydrogen-bond donors (Lipinski definition) is 1. The highest BCUT2D eigenvalue weighted by Gasteiger charge is 2.30. The van der Waals surface area contributed by atoms with E-state index in [9.17, 15) is 0 Å². The summed E-state index contributed by atoms with van der Waals surface area (Å²) in [4.78, 5) is 2.69. The Morgan fingerprint density at radius 1 is 1.05 bits per heavy atom. The van der Waals surface area contributed by atoms with E-state index in [-0.39, 0.29) is 0 Å². The van der Waals surface area contributed by atoms with E-state index in [2.05, 4.69) is 22.3 Å². The molecule has 2 nitrogen and oxygen atoms in total. The quantitative estimate of drug-likeness (QED) is 0.889. The zero-order chi connectivity index (χ0) is 13.1. The van der Waals surface area contributed by atoms with Crippen molar-refractivity contribution in [2.45, 2.75) is 38.3 Å². The first-order valence-corrected chi connectivity index (χ1v) is 7.88. The van der Waals surface area contributed by atoms with Crippen LogP contribution in [0.4, 0.5) is 0 Å². The summed E-state index contributed by atoms with van der Waals surface area (Å²) in [6.07, 6.45) is 5.45. The van der Waals surface area contributed by atoms with Gasteiger partial charge in [0, 0.05) is 24.2 Å². The Bertz CT molecular complexity index is 394. The van der Waals surface area contributed by atoms with Crippen LogP contribution in [0.5, 0.6) is 0 Å². The number of nitrogens with one attached hydrogen (secondary N) is 1. The minimum Gasteiger partial charge on any atom is -0.317 e. The summed E-state index contributed by atoms with van der Waals surface area (Å²) in [5, 5.41) is 4.29. The number of rotatable bonds is 5. The summed E-state index contributed by atoms with van der Waals surface area (Å²) in [5.74, 6) is 0.883. The number of nitrogens with zero attached hydrogens (tertiary/aromatic N) is 1. The van der Waals surface area contributed by atoms with Crippen molar-refractivity contribution < 1.29 is 0 Å². The van der Waals surface area contributed by atoms with E-state index in [0.717, 1.165) is 23.5 Å². The Labute approximate surface area is 121 Å². The van der Waals surface area contributed by atoms with Gasteiger partial charge >= 0.3 is 0 Å². The summed E-state index contributed by atoms with van der Waals surface area (Å²) < 4.78 is 0. The van der Waals surface area contributed by atoms with E-state index in [1.54, 1.807) is 0 Å². The van der Waals surface area contributed by atoms with E-state index in [0.29, 0.717) is 0 Å². The molecular formula is C16H23ClN2. The Hall–Kier alpha value is -0.570. The largest absolute Gasteiger partial charge is 0.317 e. The second-order valence-corrected chi connectivity index (χ2v) is 6.42. The van der Waals surface area contributed by atoms with Gasteiger partial charge in [0.1, 0.15) is 0 Å². The second kappa shape index (κ2) is 6.25. The predicted octanol–water partition coefficient (Wildman–Crippen LogP) is 3.30. The van der Waals surface area contributed by atoms with Gasteiger partial charge in [-0.3, -0.25) is 4.90 Å². The molecule has 0 amide bonds. The van der Waals surface area contributed by atoms with Crippen LogP contribution in [0, 0.1) is 5.92 Å². The molecule has 2 aliphatic rings. The molecule has 0 spiro atoms. The lowest BCUT2D eigenvalue weighted by Gasteiger charge is -2.30. The van der Waals surface area contributed by atoms with Gasteiger partial charge in [0.15, 0.2) is 0 Å². The fourth-order valence-corrected chi connectivity index (χ4v) is 3.13. The first kappa shape index (κ1) is 13.4. The minimum atomic E-state index is 0.833. The molecule has 3 heteroatoms. The van der Waals surface area contributed by atoms with Crippen LogP contribution in [0.25, 0.3) is 0 Å². The first-order valence-electron chi connectivity index (χ1n) is 7.50. The highest BCUT2D eigenvalue weighted by Crippen LogP contribution is 2.30. The van der Waals surface area contributed by atoms with E-state index in [1.807, 2.05) is 12.1 Å². The van der Waals surface area contributed by atoms with Crippen LogP contribution in [0.3, 0.4) is 0 Å². The van der Waals surface area contributed by atoms with Gasteiger partial charge in [0.05, 0.1) is 0 Å². The van der Waals surface area contributed by atoms with E-state index in [1.165, 1.54) is 50.9 Å². The molecule has 104 valence electrons. The molecular weight excluding hydrogens is 256 g/mol. The fraction of sp³-hybridized carbons (Fsp3) is 0.625. The van der Waals surface area contributed by atoms with Gasteiger partial charge in [0.25, 0.3) is 0 Å². The molecule has 1 aliphatic carbocycles. The molecule has 1 saturated heterocycles. The lowest BCUT2D eigenvalue weighted by molar-refractivity contribution is 0.190. The monoisotopic (exact) mass is 278 g/mol. The first-order chi connectivity index (χ1) is 9.31. The smallest absolute Gasteiger partial charge is 0.0406 e. The highest BCUT2D eigenvalue weighted by atomic mass is 35.5. The van der Waals surface area contributed by atoms with Crippen LogP contribution in [-0.4, -0.2) is 30.6 Å². The SMILES string of the molecule is Clc1ccc(CN(CC2CCNCC2)C2CC2)cc1. The molecule has 1 aromatic carbocycles. The zero-order valence-electron chi connectivity index (χ0n) is 11.4. The number of halogens is 1. The Morgan fingerprint density at radius 3 is 2.37 bits per heavy atom. The van der Waals surface area contributed by atoms with Gasteiger partial charge in [-0.25, -0.2) is 0 Å². The van der Waals surface area contributed by atoms with Crippen molar-refractivity contribution in [1.29, 1.82) is 0 Å². The summed E-state index contributed by atoms with van der Waals surface area (Å²) in [7, 11) is 0. The average Bonchev–Trinajstić information content (AvgIpc) is 3.26. The summed E-state index contributed by atoms with van der Waals surface area (Å²) >= 11 is 5.96. The fourth-order valence-electron chi connectivity index (χ4n) is 3.00. The Balaban J connectivity index is 1.59. The molecule has 1 aromatic rings. The molecule has 1 saturated carbocycles. The summed E-state index contributed by atoms with van der Waals surface area (Å²) in [6.45, 7) is 4.76. The van der Waals surface area contributed by atoms with Crippen LogP contribution in [-0.2, 0) is 6.54 Å². The van der Waals surface area contributed by atoms with E-state index in [4.69, 9.17) is 11.6 Å². The van der Waals surface area contributed by atoms with Crippen molar-refractivity contribution in [1.82, 2.24) is 10.2 Å². The average molecular weight is 279 g/mol. The van der Waals surface area contributed by atoms with Crippen LogP contribution >= 0.6 is 11.6 Å². The summed E-state index contributed by atoms with van der Waals surface area (Å²) in [5.41, 5.74) is 1.39. The van der Waals surface area contributed by atoms with E-state index < -0.39 is 0 Å². The maximum atomic E-state index is 5.96. The maximum Gasteiger partial charge on any atom is 0.0406 e. The third kappa shape index (κ3) is 3.95. The number of hydrogen-bond acceptors (Lipinski definition) is 2. The van der Waals surface area contributed by atoms with Gasteiger partial charge in [0.2, 0.25) is 0 Å². The number of benzene rings is 1. The Morgan fingerprint density at radius 2 is 1.74 bits per heavy atom. The summed E-state index contributed by atoms with van der Waals surface area (Å²) in [6, 6.07) is 9.18. The minimum absolute atomic E-state index is 0.833. The number of piperidine rings is 1. The molecule has 0 unspecified atom stereocenters.